The number of para-hydroxylation sites is 1. The molecule has 0 bridgehead atoms. The van der Waals surface area contributed by atoms with Gasteiger partial charge in [-0.1, -0.05) is 42.8 Å². The lowest BCUT2D eigenvalue weighted by Gasteiger charge is -2.18. The third-order valence-electron chi connectivity index (χ3n) is 3.20. The van der Waals surface area contributed by atoms with Crippen molar-refractivity contribution < 1.29 is 4.74 Å². The Morgan fingerprint density at radius 1 is 1.15 bits per heavy atom. The molecule has 0 saturated heterocycles. The first-order valence-corrected chi connectivity index (χ1v) is 7.26. The van der Waals surface area contributed by atoms with Gasteiger partial charge in [-0.05, 0) is 44.2 Å². The van der Waals surface area contributed by atoms with Crippen molar-refractivity contribution in [2.75, 3.05) is 6.54 Å². The number of benzene rings is 2. The Morgan fingerprint density at radius 3 is 2.60 bits per heavy atom. The summed E-state index contributed by atoms with van der Waals surface area (Å²) in [5.74, 6) is 1.53. The highest BCUT2D eigenvalue weighted by Gasteiger charge is 2.12. The highest BCUT2D eigenvalue weighted by atomic mass is 35.5. The number of rotatable bonds is 5. The Labute approximate surface area is 125 Å². The monoisotopic (exact) mass is 289 g/mol. The number of aryl methyl sites for hydroxylation is 1. The first kappa shape index (κ1) is 14.9. The maximum Gasteiger partial charge on any atom is 0.146 e. The van der Waals surface area contributed by atoms with E-state index in [1.54, 1.807) is 0 Å². The summed E-state index contributed by atoms with van der Waals surface area (Å²) in [6, 6.07) is 14.1. The van der Waals surface area contributed by atoms with Gasteiger partial charge in [-0.15, -0.1) is 0 Å². The van der Waals surface area contributed by atoms with E-state index in [1.807, 2.05) is 43.3 Å². The third kappa shape index (κ3) is 3.53. The van der Waals surface area contributed by atoms with Gasteiger partial charge in [0.2, 0.25) is 0 Å². The van der Waals surface area contributed by atoms with Gasteiger partial charge in [-0.25, -0.2) is 0 Å². The van der Waals surface area contributed by atoms with E-state index in [0.29, 0.717) is 10.8 Å². The molecule has 2 aromatic rings. The second kappa shape index (κ2) is 6.78. The maximum atomic E-state index is 6.23. The zero-order valence-electron chi connectivity index (χ0n) is 12.1. The van der Waals surface area contributed by atoms with E-state index in [4.69, 9.17) is 16.3 Å². The normalized spacial score (nSPS) is 12.2. The first-order chi connectivity index (χ1) is 9.61. The second-order valence-corrected chi connectivity index (χ2v) is 5.26. The lowest BCUT2D eigenvalue weighted by atomic mass is 10.1. The predicted octanol–water partition coefficient (Wildman–Crippen LogP) is 5.11. The van der Waals surface area contributed by atoms with Gasteiger partial charge >= 0.3 is 0 Å². The fourth-order valence-electron chi connectivity index (χ4n) is 2.15. The number of hydrogen-bond donors (Lipinski definition) is 1. The van der Waals surface area contributed by atoms with Crippen LogP contribution in [0.5, 0.6) is 11.5 Å². The number of nitrogens with one attached hydrogen (secondary N) is 1. The van der Waals surface area contributed by atoms with Gasteiger partial charge in [0.1, 0.15) is 11.5 Å². The average molecular weight is 290 g/mol. The van der Waals surface area contributed by atoms with Crippen molar-refractivity contribution in [3.8, 4) is 11.5 Å². The van der Waals surface area contributed by atoms with Crippen LogP contribution in [0, 0.1) is 6.92 Å². The molecule has 2 rings (SSSR count). The van der Waals surface area contributed by atoms with Gasteiger partial charge in [0.15, 0.2) is 0 Å². The van der Waals surface area contributed by atoms with Crippen LogP contribution in [-0.4, -0.2) is 6.54 Å². The van der Waals surface area contributed by atoms with Gasteiger partial charge in [0.05, 0.1) is 5.02 Å². The van der Waals surface area contributed by atoms with Gasteiger partial charge in [0.25, 0.3) is 0 Å². The molecular weight excluding hydrogens is 270 g/mol. The molecule has 0 radical (unpaired) electrons. The summed E-state index contributed by atoms with van der Waals surface area (Å²) < 4.78 is 5.99. The molecule has 2 aromatic carbocycles. The van der Waals surface area contributed by atoms with E-state index in [2.05, 4.69) is 25.2 Å². The van der Waals surface area contributed by atoms with Crippen LogP contribution in [0.25, 0.3) is 0 Å². The molecule has 20 heavy (non-hydrogen) atoms. The van der Waals surface area contributed by atoms with Crippen molar-refractivity contribution in [2.45, 2.75) is 26.8 Å². The van der Waals surface area contributed by atoms with E-state index in [9.17, 15) is 0 Å². The second-order valence-electron chi connectivity index (χ2n) is 4.85. The Hall–Kier alpha value is -1.51. The number of hydrogen-bond acceptors (Lipinski definition) is 2. The van der Waals surface area contributed by atoms with Gasteiger partial charge < -0.3 is 10.1 Å². The summed E-state index contributed by atoms with van der Waals surface area (Å²) in [6.07, 6.45) is 0. The van der Waals surface area contributed by atoms with E-state index in [-0.39, 0.29) is 6.04 Å². The van der Waals surface area contributed by atoms with Gasteiger partial charge in [-0.2, -0.15) is 0 Å². The maximum absolute atomic E-state index is 6.23. The van der Waals surface area contributed by atoms with Gasteiger partial charge in [-0.3, -0.25) is 0 Å². The smallest absolute Gasteiger partial charge is 0.146 e. The molecule has 0 aromatic heterocycles. The molecule has 0 aliphatic heterocycles. The molecule has 1 atom stereocenters. The zero-order valence-corrected chi connectivity index (χ0v) is 12.9. The van der Waals surface area contributed by atoms with Crippen LogP contribution in [0.1, 0.15) is 31.0 Å². The quantitative estimate of drug-likeness (QED) is 0.826. The summed E-state index contributed by atoms with van der Waals surface area (Å²) in [4.78, 5) is 0. The molecule has 106 valence electrons. The molecule has 0 heterocycles. The van der Waals surface area contributed by atoms with Crippen molar-refractivity contribution >= 4 is 11.6 Å². The van der Waals surface area contributed by atoms with Crippen molar-refractivity contribution in [2.24, 2.45) is 0 Å². The average Bonchev–Trinajstić information content (AvgIpc) is 2.43. The van der Waals surface area contributed by atoms with E-state index in [0.717, 1.165) is 23.4 Å². The van der Waals surface area contributed by atoms with Crippen molar-refractivity contribution in [3.05, 3.63) is 58.6 Å². The fraction of sp³-hybridized carbons (Fsp3) is 0.294. The highest BCUT2D eigenvalue weighted by Crippen LogP contribution is 2.33. The summed E-state index contributed by atoms with van der Waals surface area (Å²) in [7, 11) is 0. The molecule has 1 N–H and O–H groups in total. The summed E-state index contributed by atoms with van der Waals surface area (Å²) in [5, 5.41) is 4.03. The molecule has 0 saturated carbocycles. The van der Waals surface area contributed by atoms with Crippen LogP contribution >= 0.6 is 11.6 Å². The van der Waals surface area contributed by atoms with Crippen molar-refractivity contribution in [1.82, 2.24) is 5.32 Å². The Kier molecular flexibility index (Phi) is 5.05. The SMILES string of the molecule is CCNC(C)c1ccccc1Oc1ccc(C)cc1Cl. The molecule has 0 aliphatic carbocycles. The zero-order chi connectivity index (χ0) is 14.5. The minimum atomic E-state index is 0.237. The minimum Gasteiger partial charge on any atom is -0.455 e. The van der Waals surface area contributed by atoms with Crippen molar-refractivity contribution in [3.63, 3.8) is 0 Å². The predicted molar refractivity (Wildman–Crippen MR) is 84.8 cm³/mol. The number of ether oxygens (including phenoxy) is 1. The summed E-state index contributed by atoms with van der Waals surface area (Å²) in [6.45, 7) is 7.15. The standard InChI is InChI=1S/C17H20ClNO/c1-4-19-13(3)14-7-5-6-8-16(14)20-17-10-9-12(2)11-15(17)18/h5-11,13,19H,4H2,1-3H3. The van der Waals surface area contributed by atoms with Crippen LogP contribution in [0.15, 0.2) is 42.5 Å². The molecular formula is C17H20ClNO. The van der Waals surface area contributed by atoms with Crippen molar-refractivity contribution in [1.29, 1.82) is 0 Å². The van der Waals surface area contributed by atoms with E-state index in [1.165, 1.54) is 0 Å². The molecule has 0 aliphatic rings. The van der Waals surface area contributed by atoms with E-state index < -0.39 is 0 Å². The topological polar surface area (TPSA) is 21.3 Å². The lowest BCUT2D eigenvalue weighted by molar-refractivity contribution is 0.463. The molecule has 0 fully saturated rings. The largest absolute Gasteiger partial charge is 0.455 e. The Morgan fingerprint density at radius 2 is 1.90 bits per heavy atom. The van der Waals surface area contributed by atoms with E-state index >= 15 is 0 Å². The summed E-state index contributed by atoms with van der Waals surface area (Å²) >= 11 is 6.23. The molecule has 1 unspecified atom stereocenters. The highest BCUT2D eigenvalue weighted by molar-refractivity contribution is 6.32. The fourth-order valence-corrected chi connectivity index (χ4v) is 2.43. The first-order valence-electron chi connectivity index (χ1n) is 6.88. The molecule has 2 nitrogen and oxygen atoms in total. The third-order valence-corrected chi connectivity index (χ3v) is 3.50. The minimum absolute atomic E-state index is 0.237. The Bertz CT molecular complexity index is 583. The molecule has 3 heteroatoms. The van der Waals surface area contributed by atoms with Crippen LogP contribution in [0.2, 0.25) is 5.02 Å². The molecule has 0 spiro atoms. The number of halogens is 1. The Balaban J connectivity index is 2.29. The van der Waals surface area contributed by atoms with Crippen LogP contribution in [0.3, 0.4) is 0 Å². The van der Waals surface area contributed by atoms with Crippen LogP contribution < -0.4 is 10.1 Å². The molecule has 0 amide bonds. The summed E-state index contributed by atoms with van der Waals surface area (Å²) in [5.41, 5.74) is 2.25. The van der Waals surface area contributed by atoms with Gasteiger partial charge in [0, 0.05) is 11.6 Å². The lowest BCUT2D eigenvalue weighted by Crippen LogP contribution is -2.18. The van der Waals surface area contributed by atoms with Crippen LogP contribution in [-0.2, 0) is 0 Å². The van der Waals surface area contributed by atoms with Crippen LogP contribution in [0.4, 0.5) is 0 Å².